The van der Waals surface area contributed by atoms with Crippen LogP contribution in [0.4, 0.5) is 0 Å². The van der Waals surface area contributed by atoms with Crippen molar-refractivity contribution in [1.82, 2.24) is 14.9 Å². The lowest BCUT2D eigenvalue weighted by Crippen LogP contribution is -2.35. The number of esters is 1. The van der Waals surface area contributed by atoms with Crippen LogP contribution in [0.15, 0.2) is 48.0 Å². The van der Waals surface area contributed by atoms with E-state index in [4.69, 9.17) is 9.47 Å². The molecule has 0 aliphatic carbocycles. The lowest BCUT2D eigenvalue weighted by Gasteiger charge is -2.07. The van der Waals surface area contributed by atoms with E-state index >= 15 is 0 Å². The van der Waals surface area contributed by atoms with E-state index in [-0.39, 0.29) is 6.42 Å². The average molecular weight is 427 g/mol. The molecule has 30 heavy (non-hydrogen) atoms. The van der Waals surface area contributed by atoms with Gasteiger partial charge in [0.05, 0.1) is 24.3 Å². The van der Waals surface area contributed by atoms with Gasteiger partial charge in [0.1, 0.15) is 16.5 Å². The van der Waals surface area contributed by atoms with E-state index in [2.05, 4.69) is 10.3 Å². The van der Waals surface area contributed by atoms with Crippen LogP contribution in [-0.2, 0) is 27.8 Å². The van der Waals surface area contributed by atoms with E-state index in [0.717, 1.165) is 16.3 Å². The SMILES string of the molecule is CCOc1ccccc1-c1nc(CC(=O)OCC(=O)NC(=O)c2cccn2C)cs1. The first kappa shape index (κ1) is 21.3. The third-order valence-corrected chi connectivity index (χ3v) is 5.01. The molecule has 0 radical (unpaired) electrons. The van der Waals surface area contributed by atoms with Gasteiger partial charge in [-0.1, -0.05) is 12.1 Å². The second-order valence-corrected chi connectivity index (χ2v) is 7.15. The highest BCUT2D eigenvalue weighted by Crippen LogP contribution is 2.32. The van der Waals surface area contributed by atoms with E-state index in [1.807, 2.05) is 31.2 Å². The van der Waals surface area contributed by atoms with E-state index in [1.165, 1.54) is 11.3 Å². The fraction of sp³-hybridized carbons (Fsp3) is 0.238. The Morgan fingerprint density at radius 2 is 1.97 bits per heavy atom. The quantitative estimate of drug-likeness (QED) is 0.555. The number of aryl methyl sites for hydroxylation is 1. The summed E-state index contributed by atoms with van der Waals surface area (Å²) in [4.78, 5) is 40.3. The van der Waals surface area contributed by atoms with Crippen LogP contribution in [0.3, 0.4) is 0 Å². The van der Waals surface area contributed by atoms with Gasteiger partial charge in [0, 0.05) is 18.6 Å². The van der Waals surface area contributed by atoms with Crippen LogP contribution < -0.4 is 10.1 Å². The molecule has 0 saturated carbocycles. The number of hydrogen-bond acceptors (Lipinski definition) is 7. The maximum Gasteiger partial charge on any atom is 0.312 e. The van der Waals surface area contributed by atoms with E-state index in [1.54, 1.807) is 35.3 Å². The highest BCUT2D eigenvalue weighted by atomic mass is 32.1. The standard InChI is InChI=1S/C21H21N3O5S/c1-3-28-17-9-5-4-7-15(17)21-22-14(13-30-21)11-19(26)29-12-18(25)23-20(27)16-8-6-10-24(16)2/h4-10,13H,3,11-12H2,1-2H3,(H,23,25,27). The predicted molar refractivity (Wildman–Crippen MR) is 111 cm³/mol. The molecule has 9 heteroatoms. The molecule has 2 aromatic heterocycles. The molecule has 0 spiro atoms. The van der Waals surface area contributed by atoms with Gasteiger partial charge in [-0.2, -0.15) is 0 Å². The molecule has 2 heterocycles. The summed E-state index contributed by atoms with van der Waals surface area (Å²) in [6.07, 6.45) is 1.61. The van der Waals surface area contributed by atoms with Gasteiger partial charge in [-0.05, 0) is 31.2 Å². The van der Waals surface area contributed by atoms with Crippen LogP contribution in [-0.4, -0.2) is 40.5 Å². The zero-order chi connectivity index (χ0) is 21.5. The molecule has 0 fully saturated rings. The first-order valence-electron chi connectivity index (χ1n) is 9.25. The molecule has 0 atom stereocenters. The summed E-state index contributed by atoms with van der Waals surface area (Å²) in [5, 5.41) is 4.67. The minimum Gasteiger partial charge on any atom is -0.493 e. The third kappa shape index (κ3) is 5.32. The normalized spacial score (nSPS) is 10.5. The van der Waals surface area contributed by atoms with Crippen LogP contribution in [0.5, 0.6) is 5.75 Å². The molecule has 0 bridgehead atoms. The van der Waals surface area contributed by atoms with Crippen molar-refractivity contribution in [3.63, 3.8) is 0 Å². The second kappa shape index (κ2) is 9.84. The van der Waals surface area contributed by atoms with Crippen molar-refractivity contribution in [2.75, 3.05) is 13.2 Å². The topological polar surface area (TPSA) is 99.5 Å². The number of carbonyl (C=O) groups is 3. The van der Waals surface area contributed by atoms with Gasteiger partial charge in [0.25, 0.3) is 11.8 Å². The number of thiazole rings is 1. The summed E-state index contributed by atoms with van der Waals surface area (Å²) in [7, 11) is 1.69. The van der Waals surface area contributed by atoms with Gasteiger partial charge in [-0.15, -0.1) is 11.3 Å². The first-order chi connectivity index (χ1) is 14.5. The van der Waals surface area contributed by atoms with Crippen LogP contribution in [0, 0.1) is 0 Å². The Balaban J connectivity index is 1.52. The first-order valence-corrected chi connectivity index (χ1v) is 10.1. The predicted octanol–water partition coefficient (Wildman–Crippen LogP) is 2.59. The van der Waals surface area contributed by atoms with Gasteiger partial charge in [-0.3, -0.25) is 19.7 Å². The second-order valence-electron chi connectivity index (χ2n) is 6.29. The molecule has 3 aromatic rings. The maximum absolute atomic E-state index is 12.0. The molecule has 1 N–H and O–H groups in total. The van der Waals surface area contributed by atoms with Gasteiger partial charge < -0.3 is 14.0 Å². The van der Waals surface area contributed by atoms with Crippen molar-refractivity contribution in [3.05, 3.63) is 59.4 Å². The zero-order valence-electron chi connectivity index (χ0n) is 16.6. The summed E-state index contributed by atoms with van der Waals surface area (Å²) in [5.41, 5.74) is 1.71. The smallest absolute Gasteiger partial charge is 0.312 e. The number of ether oxygens (including phenoxy) is 2. The van der Waals surface area contributed by atoms with Gasteiger partial charge in [0.2, 0.25) is 0 Å². The molecule has 2 amide bonds. The molecule has 0 unspecified atom stereocenters. The Hall–Kier alpha value is -3.46. The van der Waals surface area contributed by atoms with Crippen molar-refractivity contribution >= 4 is 29.1 Å². The number of nitrogens with one attached hydrogen (secondary N) is 1. The van der Waals surface area contributed by atoms with Crippen LogP contribution in [0.2, 0.25) is 0 Å². The monoisotopic (exact) mass is 427 g/mol. The zero-order valence-corrected chi connectivity index (χ0v) is 17.4. The largest absolute Gasteiger partial charge is 0.493 e. The molecule has 0 aliphatic heterocycles. The lowest BCUT2D eigenvalue weighted by molar-refractivity contribution is -0.147. The van der Waals surface area contributed by atoms with Gasteiger partial charge >= 0.3 is 5.97 Å². The van der Waals surface area contributed by atoms with Crippen LogP contribution in [0.1, 0.15) is 23.1 Å². The molecular weight excluding hydrogens is 406 g/mol. The highest BCUT2D eigenvalue weighted by Gasteiger charge is 2.16. The van der Waals surface area contributed by atoms with Crippen molar-refractivity contribution in [2.45, 2.75) is 13.3 Å². The Bertz CT molecular complexity index is 1060. The van der Waals surface area contributed by atoms with Crippen molar-refractivity contribution < 1.29 is 23.9 Å². The lowest BCUT2D eigenvalue weighted by atomic mass is 10.2. The highest BCUT2D eigenvalue weighted by molar-refractivity contribution is 7.13. The fourth-order valence-corrected chi connectivity index (χ4v) is 3.55. The van der Waals surface area contributed by atoms with Crippen molar-refractivity contribution in [1.29, 1.82) is 0 Å². The Kier molecular flexibility index (Phi) is 6.97. The fourth-order valence-electron chi connectivity index (χ4n) is 2.71. The number of benzene rings is 1. The number of aromatic nitrogens is 2. The molecule has 8 nitrogen and oxygen atoms in total. The van der Waals surface area contributed by atoms with Crippen molar-refractivity contribution in [2.24, 2.45) is 7.05 Å². The summed E-state index contributed by atoms with van der Waals surface area (Å²) in [6, 6.07) is 10.8. The Morgan fingerprint density at radius 1 is 1.17 bits per heavy atom. The average Bonchev–Trinajstić information content (AvgIpc) is 3.36. The molecule has 156 valence electrons. The minimum absolute atomic E-state index is 0.0770. The van der Waals surface area contributed by atoms with E-state index in [0.29, 0.717) is 18.0 Å². The number of para-hydroxylation sites is 1. The number of imide groups is 1. The molecule has 3 rings (SSSR count). The van der Waals surface area contributed by atoms with E-state index in [9.17, 15) is 14.4 Å². The third-order valence-electron chi connectivity index (χ3n) is 4.09. The molecule has 1 aromatic carbocycles. The van der Waals surface area contributed by atoms with Gasteiger partial charge in [-0.25, -0.2) is 4.98 Å². The number of amides is 2. The van der Waals surface area contributed by atoms with Crippen LogP contribution in [0.25, 0.3) is 10.6 Å². The summed E-state index contributed by atoms with van der Waals surface area (Å²) >= 11 is 1.39. The Labute approximate surface area is 177 Å². The molecular formula is C21H21N3O5S. The number of rotatable bonds is 8. The summed E-state index contributed by atoms with van der Waals surface area (Å²) in [5.74, 6) is -1.13. The van der Waals surface area contributed by atoms with Crippen LogP contribution >= 0.6 is 11.3 Å². The number of carbonyl (C=O) groups excluding carboxylic acids is 3. The number of nitrogens with zero attached hydrogens (tertiary/aromatic N) is 2. The Morgan fingerprint density at radius 3 is 2.70 bits per heavy atom. The van der Waals surface area contributed by atoms with Gasteiger partial charge in [0.15, 0.2) is 6.61 Å². The van der Waals surface area contributed by atoms with Crippen molar-refractivity contribution in [3.8, 4) is 16.3 Å². The molecule has 0 saturated heterocycles. The summed E-state index contributed by atoms with van der Waals surface area (Å²) < 4.78 is 12.2. The summed E-state index contributed by atoms with van der Waals surface area (Å²) in [6.45, 7) is 1.90. The number of hydrogen-bond donors (Lipinski definition) is 1. The minimum atomic E-state index is -0.695. The van der Waals surface area contributed by atoms with E-state index < -0.39 is 24.4 Å². The maximum atomic E-state index is 12.0. The molecule has 0 aliphatic rings.